The number of carbonyl (C=O) groups excluding carboxylic acids is 2. The van der Waals surface area contributed by atoms with Gasteiger partial charge in [0.1, 0.15) is 22.8 Å². The zero-order valence-electron chi connectivity index (χ0n) is 19.6. The molecule has 3 rings (SSSR count). The maximum absolute atomic E-state index is 13.9. The van der Waals surface area contributed by atoms with Crippen LogP contribution in [0.3, 0.4) is 0 Å². The van der Waals surface area contributed by atoms with Crippen LogP contribution in [-0.4, -0.2) is 40.2 Å². The Morgan fingerprint density at radius 2 is 1.50 bits per heavy atom. The van der Waals surface area contributed by atoms with Gasteiger partial charge in [-0.3, -0.25) is 4.79 Å². The number of ether oxygens (including phenoxy) is 4. The highest BCUT2D eigenvalue weighted by atomic mass is 16.5. The minimum Gasteiger partial charge on any atom is -0.496 e. The average Bonchev–Trinajstić information content (AvgIpc) is 3.05. The number of rotatable bonds is 7. The monoisotopic (exact) mass is 438 g/mol. The average molecular weight is 439 g/mol. The quantitative estimate of drug-likeness (QED) is 0.462. The molecule has 1 aliphatic rings. The van der Waals surface area contributed by atoms with Crippen molar-refractivity contribution in [3.63, 3.8) is 0 Å². The van der Waals surface area contributed by atoms with E-state index in [1.165, 1.54) is 21.3 Å². The molecule has 6 nitrogen and oxygen atoms in total. The second kappa shape index (κ2) is 9.07. The third kappa shape index (κ3) is 3.53. The number of carbonyl (C=O) groups is 2. The fourth-order valence-corrected chi connectivity index (χ4v) is 4.57. The third-order valence-corrected chi connectivity index (χ3v) is 6.58. The Labute approximate surface area is 189 Å². The molecule has 0 bridgehead atoms. The second-order valence-corrected chi connectivity index (χ2v) is 8.30. The first-order valence-corrected chi connectivity index (χ1v) is 10.5. The number of allylic oxidation sites excluding steroid dienone is 1. The van der Waals surface area contributed by atoms with Crippen LogP contribution in [0.4, 0.5) is 0 Å². The molecule has 0 saturated carbocycles. The van der Waals surface area contributed by atoms with Gasteiger partial charge in [0.05, 0.1) is 34.0 Å². The normalized spacial score (nSPS) is 20.5. The van der Waals surface area contributed by atoms with E-state index in [1.807, 2.05) is 51.1 Å². The Morgan fingerprint density at radius 3 is 1.94 bits per heavy atom. The second-order valence-electron chi connectivity index (χ2n) is 8.30. The van der Waals surface area contributed by atoms with Crippen molar-refractivity contribution < 1.29 is 28.5 Å². The molecular formula is C26H30O6. The summed E-state index contributed by atoms with van der Waals surface area (Å²) in [7, 11) is 5.90. The number of benzene rings is 2. The van der Waals surface area contributed by atoms with Gasteiger partial charge in [-0.05, 0) is 17.1 Å². The van der Waals surface area contributed by atoms with E-state index in [0.29, 0.717) is 28.4 Å². The molecule has 1 aliphatic carbocycles. The van der Waals surface area contributed by atoms with Gasteiger partial charge >= 0.3 is 5.97 Å². The molecular weight excluding hydrogens is 408 g/mol. The predicted octanol–water partition coefficient (Wildman–Crippen LogP) is 4.67. The van der Waals surface area contributed by atoms with E-state index < -0.39 is 17.3 Å². The van der Waals surface area contributed by atoms with Crippen molar-refractivity contribution in [3.05, 3.63) is 59.2 Å². The van der Waals surface area contributed by atoms with Gasteiger partial charge in [-0.2, -0.15) is 0 Å². The first-order valence-electron chi connectivity index (χ1n) is 10.5. The van der Waals surface area contributed by atoms with E-state index in [4.69, 9.17) is 18.9 Å². The molecule has 0 aromatic heterocycles. The SMILES string of the molecule is COC(=O)C1=C(c2c(OC)cc(OC)cc2OC)[C@H](c2ccccc2)[C@@](C)(C(C)C)C1=O. The molecule has 0 heterocycles. The van der Waals surface area contributed by atoms with E-state index in [2.05, 4.69) is 0 Å². The Kier molecular flexibility index (Phi) is 6.63. The van der Waals surface area contributed by atoms with Crippen molar-refractivity contribution >= 4 is 17.3 Å². The highest BCUT2D eigenvalue weighted by Gasteiger charge is 2.56. The van der Waals surface area contributed by atoms with Crippen LogP contribution in [0.2, 0.25) is 0 Å². The van der Waals surface area contributed by atoms with Crippen LogP contribution in [0, 0.1) is 11.3 Å². The Hall–Kier alpha value is -3.28. The predicted molar refractivity (Wildman–Crippen MR) is 122 cm³/mol. The molecule has 0 amide bonds. The highest BCUT2D eigenvalue weighted by Crippen LogP contribution is 2.60. The van der Waals surface area contributed by atoms with Gasteiger partial charge in [0.15, 0.2) is 5.78 Å². The lowest BCUT2D eigenvalue weighted by atomic mass is 9.65. The van der Waals surface area contributed by atoms with Crippen LogP contribution < -0.4 is 14.2 Å². The summed E-state index contributed by atoms with van der Waals surface area (Å²) in [5.74, 6) is 0.0287. The van der Waals surface area contributed by atoms with E-state index in [9.17, 15) is 9.59 Å². The topological polar surface area (TPSA) is 71.1 Å². The Balaban J connectivity index is 2.49. The summed E-state index contributed by atoms with van der Waals surface area (Å²) >= 11 is 0. The van der Waals surface area contributed by atoms with Crippen LogP contribution in [0.15, 0.2) is 48.0 Å². The van der Waals surface area contributed by atoms with Crippen molar-refractivity contribution in [1.29, 1.82) is 0 Å². The summed E-state index contributed by atoms with van der Waals surface area (Å²) in [6, 6.07) is 13.2. The Morgan fingerprint density at radius 1 is 0.938 bits per heavy atom. The minimum atomic E-state index is -0.879. The highest BCUT2D eigenvalue weighted by molar-refractivity contribution is 6.29. The molecule has 170 valence electrons. The number of hydrogen-bond acceptors (Lipinski definition) is 6. The first-order chi connectivity index (χ1) is 15.3. The van der Waals surface area contributed by atoms with Gasteiger partial charge in [-0.1, -0.05) is 51.1 Å². The molecule has 0 N–H and O–H groups in total. The minimum absolute atomic E-state index is 0.0271. The van der Waals surface area contributed by atoms with Crippen LogP contribution in [0.25, 0.3) is 5.57 Å². The van der Waals surface area contributed by atoms with E-state index in [0.717, 1.165) is 5.56 Å². The van der Waals surface area contributed by atoms with Crippen molar-refractivity contribution in [3.8, 4) is 17.2 Å². The number of esters is 1. The van der Waals surface area contributed by atoms with Crippen molar-refractivity contribution in [1.82, 2.24) is 0 Å². The summed E-state index contributed by atoms with van der Waals surface area (Å²) in [6.07, 6.45) is 0. The zero-order valence-corrected chi connectivity index (χ0v) is 19.6. The molecule has 2 aromatic carbocycles. The lowest BCUT2D eigenvalue weighted by Crippen LogP contribution is -2.36. The van der Waals surface area contributed by atoms with Gasteiger partial charge in [-0.15, -0.1) is 0 Å². The van der Waals surface area contributed by atoms with Crippen molar-refractivity contribution in [2.75, 3.05) is 28.4 Å². The van der Waals surface area contributed by atoms with E-state index >= 15 is 0 Å². The zero-order chi connectivity index (χ0) is 23.6. The molecule has 0 radical (unpaired) electrons. The van der Waals surface area contributed by atoms with Crippen LogP contribution in [-0.2, 0) is 14.3 Å². The largest absolute Gasteiger partial charge is 0.496 e. The molecule has 6 heteroatoms. The molecule has 0 saturated heterocycles. The van der Waals surface area contributed by atoms with Crippen LogP contribution in [0.1, 0.15) is 37.8 Å². The number of Topliss-reactive ketones (excluding diaryl/α,β-unsaturated/α-hetero) is 1. The lowest BCUT2D eigenvalue weighted by molar-refractivity contribution is -0.139. The summed E-state index contributed by atoms with van der Waals surface area (Å²) in [5.41, 5.74) is 1.16. The first kappa shape index (κ1) is 23.4. The van der Waals surface area contributed by atoms with E-state index in [-0.39, 0.29) is 17.3 Å². The molecule has 0 aliphatic heterocycles. The standard InChI is InChI=1S/C26H30O6/c1-15(2)26(3)23(16-11-9-8-10-12-16)21(22(24(26)27)25(28)32-7)20-18(30-5)13-17(29-4)14-19(20)31-6/h8-15,23H,1-7H3/t23-,26+/m0/s1. The summed E-state index contributed by atoms with van der Waals surface area (Å²) in [5, 5.41) is 0. The van der Waals surface area contributed by atoms with Crippen molar-refractivity contribution in [2.45, 2.75) is 26.7 Å². The molecule has 0 fully saturated rings. The van der Waals surface area contributed by atoms with Crippen molar-refractivity contribution in [2.24, 2.45) is 11.3 Å². The number of hydrogen-bond donors (Lipinski definition) is 0. The van der Waals surface area contributed by atoms with Gasteiger partial charge in [0.2, 0.25) is 0 Å². The van der Waals surface area contributed by atoms with Gasteiger partial charge in [0.25, 0.3) is 0 Å². The van der Waals surface area contributed by atoms with Gasteiger partial charge in [0, 0.05) is 23.5 Å². The van der Waals surface area contributed by atoms with Crippen LogP contribution >= 0.6 is 0 Å². The van der Waals surface area contributed by atoms with Gasteiger partial charge < -0.3 is 18.9 Å². The van der Waals surface area contributed by atoms with Gasteiger partial charge in [-0.25, -0.2) is 4.79 Å². The molecule has 0 spiro atoms. The third-order valence-electron chi connectivity index (χ3n) is 6.58. The Bertz CT molecular complexity index is 1030. The summed E-state index contributed by atoms with van der Waals surface area (Å²) in [6.45, 7) is 5.90. The fourth-order valence-electron chi connectivity index (χ4n) is 4.57. The maximum atomic E-state index is 13.9. The number of methoxy groups -OCH3 is 4. The summed E-state index contributed by atoms with van der Waals surface area (Å²) < 4.78 is 21.9. The molecule has 2 atom stereocenters. The fraction of sp³-hybridized carbons (Fsp3) is 0.385. The maximum Gasteiger partial charge on any atom is 0.341 e. The molecule has 0 unspecified atom stereocenters. The molecule has 2 aromatic rings. The smallest absolute Gasteiger partial charge is 0.341 e. The van der Waals surface area contributed by atoms with Crippen LogP contribution in [0.5, 0.6) is 17.2 Å². The molecule has 32 heavy (non-hydrogen) atoms. The van der Waals surface area contributed by atoms with E-state index in [1.54, 1.807) is 19.2 Å². The lowest BCUT2D eigenvalue weighted by Gasteiger charge is -2.36. The number of ketones is 1. The summed E-state index contributed by atoms with van der Waals surface area (Å²) in [4.78, 5) is 26.9.